The third-order valence-electron chi connectivity index (χ3n) is 1.73. The van der Waals surface area contributed by atoms with Gasteiger partial charge in [0.2, 0.25) is 6.61 Å². The minimum absolute atomic E-state index is 0.432. The molecule has 6 heteroatoms. The van der Waals surface area contributed by atoms with Crippen LogP contribution >= 0.6 is 0 Å². The first-order valence-electron chi connectivity index (χ1n) is 4.53. The molecule has 1 rings (SSSR count). The number of aromatic nitrogens is 2. The minimum atomic E-state index is -1.05. The van der Waals surface area contributed by atoms with Gasteiger partial charge in [0, 0.05) is 18.8 Å². The summed E-state index contributed by atoms with van der Waals surface area (Å²) in [6, 6.07) is 0. The van der Waals surface area contributed by atoms with Gasteiger partial charge in [-0.15, -0.1) is 0 Å². The van der Waals surface area contributed by atoms with Crippen LogP contribution in [0.4, 0.5) is 0 Å². The van der Waals surface area contributed by atoms with Crippen LogP contribution in [0.1, 0.15) is 18.2 Å². The molecular weight excluding hydrogens is 198 g/mol. The summed E-state index contributed by atoms with van der Waals surface area (Å²) in [4.78, 5) is 14.7. The van der Waals surface area contributed by atoms with Crippen LogP contribution < -0.4 is 0 Å². The van der Waals surface area contributed by atoms with Crippen LogP contribution in [-0.4, -0.2) is 33.7 Å². The topological polar surface area (TPSA) is 76.7 Å². The van der Waals surface area contributed by atoms with Gasteiger partial charge in [-0.05, 0) is 6.42 Å². The highest BCUT2D eigenvalue weighted by Crippen LogP contribution is 2.03. The molecule has 82 valence electrons. The number of aliphatic carboxylic acids is 1. The average Bonchev–Trinajstić information content (AvgIpc) is 2.53. The van der Waals surface area contributed by atoms with Crippen LogP contribution in [0.5, 0.6) is 0 Å². The van der Waals surface area contributed by atoms with E-state index in [0.717, 1.165) is 17.7 Å². The molecule has 0 fully saturated rings. The largest absolute Gasteiger partial charge is 0.479 e. The summed E-state index contributed by atoms with van der Waals surface area (Å²) >= 11 is 0. The van der Waals surface area contributed by atoms with Gasteiger partial charge in [-0.1, -0.05) is 12.1 Å². The van der Waals surface area contributed by atoms with Crippen molar-refractivity contribution in [1.82, 2.24) is 9.78 Å². The van der Waals surface area contributed by atoms with E-state index in [1.807, 2.05) is 14.0 Å². The predicted molar refractivity (Wildman–Crippen MR) is 53.8 cm³/mol. The van der Waals surface area contributed by atoms with Crippen LogP contribution in [0.25, 0.3) is 0 Å². The molecule has 1 aromatic rings. The van der Waals surface area contributed by atoms with E-state index in [4.69, 9.17) is 5.11 Å². The first-order chi connectivity index (χ1) is 7.13. The van der Waals surface area contributed by atoms with Crippen molar-refractivity contribution in [3.63, 3.8) is 0 Å². The van der Waals surface area contributed by atoms with Gasteiger partial charge in [0.1, 0.15) is 0 Å². The molecule has 0 amide bonds. The van der Waals surface area contributed by atoms with E-state index in [1.165, 1.54) is 6.21 Å². The SMILES string of the molecule is CCc1nn(C)cc1/C=N/OCC(=O)O. The second-order valence-electron chi connectivity index (χ2n) is 2.96. The summed E-state index contributed by atoms with van der Waals surface area (Å²) in [5.41, 5.74) is 1.74. The lowest BCUT2D eigenvalue weighted by Crippen LogP contribution is -2.03. The third kappa shape index (κ3) is 3.41. The Kier molecular flexibility index (Phi) is 3.84. The summed E-state index contributed by atoms with van der Waals surface area (Å²) in [7, 11) is 1.81. The molecule has 0 bridgehead atoms. The minimum Gasteiger partial charge on any atom is -0.479 e. The zero-order valence-corrected chi connectivity index (χ0v) is 8.67. The van der Waals surface area contributed by atoms with Gasteiger partial charge in [0.25, 0.3) is 0 Å². The fraction of sp³-hybridized carbons (Fsp3) is 0.444. The van der Waals surface area contributed by atoms with Crippen molar-refractivity contribution in [3.05, 3.63) is 17.5 Å². The molecule has 0 aliphatic heterocycles. The molecule has 0 aliphatic rings. The second-order valence-corrected chi connectivity index (χ2v) is 2.96. The Morgan fingerprint density at radius 2 is 2.53 bits per heavy atom. The first-order valence-corrected chi connectivity index (χ1v) is 4.53. The van der Waals surface area contributed by atoms with Crippen LogP contribution in [0.15, 0.2) is 11.4 Å². The van der Waals surface area contributed by atoms with Crippen LogP contribution in [0.3, 0.4) is 0 Å². The monoisotopic (exact) mass is 211 g/mol. The molecule has 0 aliphatic carbocycles. The number of hydrogen-bond donors (Lipinski definition) is 1. The molecule has 0 spiro atoms. The van der Waals surface area contributed by atoms with Gasteiger partial charge >= 0.3 is 5.97 Å². The normalized spacial score (nSPS) is 10.8. The quantitative estimate of drug-likeness (QED) is 0.565. The fourth-order valence-electron chi connectivity index (χ4n) is 1.12. The van der Waals surface area contributed by atoms with Crippen molar-refractivity contribution in [1.29, 1.82) is 0 Å². The summed E-state index contributed by atoms with van der Waals surface area (Å²) in [6.07, 6.45) is 4.06. The Morgan fingerprint density at radius 3 is 3.13 bits per heavy atom. The Morgan fingerprint density at radius 1 is 1.80 bits per heavy atom. The summed E-state index contributed by atoms with van der Waals surface area (Å²) in [5, 5.41) is 16.0. The Bertz CT molecular complexity index is 371. The van der Waals surface area contributed by atoms with Crippen molar-refractivity contribution in [2.75, 3.05) is 6.61 Å². The molecule has 1 N–H and O–H groups in total. The first kappa shape index (κ1) is 11.2. The van der Waals surface area contributed by atoms with E-state index >= 15 is 0 Å². The van der Waals surface area contributed by atoms with Gasteiger partial charge in [-0.2, -0.15) is 5.10 Å². The molecule has 0 saturated heterocycles. The van der Waals surface area contributed by atoms with Crippen LogP contribution in [0, 0.1) is 0 Å². The second kappa shape index (κ2) is 5.14. The smallest absolute Gasteiger partial charge is 0.344 e. The molecule has 0 aromatic carbocycles. The van der Waals surface area contributed by atoms with E-state index in [1.54, 1.807) is 10.9 Å². The maximum atomic E-state index is 10.1. The van der Waals surface area contributed by atoms with Crippen molar-refractivity contribution < 1.29 is 14.7 Å². The molecule has 6 nitrogen and oxygen atoms in total. The van der Waals surface area contributed by atoms with E-state index in [9.17, 15) is 4.79 Å². The van der Waals surface area contributed by atoms with Gasteiger partial charge < -0.3 is 9.94 Å². The van der Waals surface area contributed by atoms with E-state index in [-0.39, 0.29) is 0 Å². The Hall–Kier alpha value is -1.85. The number of aryl methyl sites for hydroxylation is 2. The standard InChI is InChI=1S/C9H13N3O3/c1-3-8-7(5-12(2)11-8)4-10-15-6-9(13)14/h4-5H,3,6H2,1-2H3,(H,13,14)/b10-4+. The molecule has 0 unspecified atom stereocenters. The van der Waals surface area contributed by atoms with Gasteiger partial charge in [-0.25, -0.2) is 4.79 Å². The highest BCUT2D eigenvalue weighted by molar-refractivity contribution is 5.80. The lowest BCUT2D eigenvalue weighted by Gasteiger charge is -1.92. The fourth-order valence-corrected chi connectivity index (χ4v) is 1.12. The number of oxime groups is 1. The van der Waals surface area contributed by atoms with Crippen molar-refractivity contribution in [2.24, 2.45) is 12.2 Å². The van der Waals surface area contributed by atoms with E-state index in [2.05, 4.69) is 15.1 Å². The highest BCUT2D eigenvalue weighted by Gasteiger charge is 2.02. The molecular formula is C9H13N3O3. The van der Waals surface area contributed by atoms with Gasteiger partial charge in [0.05, 0.1) is 11.9 Å². The maximum Gasteiger partial charge on any atom is 0.344 e. The number of carboxylic acids is 1. The average molecular weight is 211 g/mol. The third-order valence-corrected chi connectivity index (χ3v) is 1.73. The Labute approximate surface area is 87.1 Å². The molecule has 1 heterocycles. The van der Waals surface area contributed by atoms with E-state index in [0.29, 0.717) is 0 Å². The van der Waals surface area contributed by atoms with Crippen LogP contribution in [-0.2, 0) is 23.1 Å². The van der Waals surface area contributed by atoms with Crippen molar-refractivity contribution >= 4 is 12.2 Å². The lowest BCUT2D eigenvalue weighted by atomic mass is 10.2. The van der Waals surface area contributed by atoms with Crippen LogP contribution in [0.2, 0.25) is 0 Å². The molecule has 0 saturated carbocycles. The van der Waals surface area contributed by atoms with Gasteiger partial charge in [-0.3, -0.25) is 4.68 Å². The molecule has 15 heavy (non-hydrogen) atoms. The number of carbonyl (C=O) groups is 1. The zero-order valence-electron chi connectivity index (χ0n) is 8.67. The lowest BCUT2D eigenvalue weighted by molar-refractivity contribution is -0.142. The maximum absolute atomic E-state index is 10.1. The molecule has 0 atom stereocenters. The van der Waals surface area contributed by atoms with E-state index < -0.39 is 12.6 Å². The summed E-state index contributed by atoms with van der Waals surface area (Å²) in [5.74, 6) is -1.05. The summed E-state index contributed by atoms with van der Waals surface area (Å²) in [6.45, 7) is 1.55. The number of nitrogens with zero attached hydrogens (tertiary/aromatic N) is 3. The summed E-state index contributed by atoms with van der Waals surface area (Å²) < 4.78 is 1.68. The molecule has 1 aromatic heterocycles. The van der Waals surface area contributed by atoms with Gasteiger partial charge in [0.15, 0.2) is 0 Å². The number of carboxylic acid groups (broad SMARTS) is 1. The number of rotatable bonds is 5. The molecule has 0 radical (unpaired) electrons. The van der Waals surface area contributed by atoms with Crippen molar-refractivity contribution in [3.8, 4) is 0 Å². The highest BCUT2D eigenvalue weighted by atomic mass is 16.6. The zero-order chi connectivity index (χ0) is 11.3. The Balaban J connectivity index is 2.59. The predicted octanol–water partition coefficient (Wildman–Crippen LogP) is 0.418. The van der Waals surface area contributed by atoms with Crippen molar-refractivity contribution in [2.45, 2.75) is 13.3 Å². The number of hydrogen-bond acceptors (Lipinski definition) is 4.